The van der Waals surface area contributed by atoms with E-state index in [1.165, 1.54) is 22.3 Å². The molecular weight excluding hydrogens is 452 g/mol. The molecule has 0 aliphatic carbocycles. The molecule has 3 aromatic rings. The zero-order valence-electron chi connectivity index (χ0n) is 23.6. The summed E-state index contributed by atoms with van der Waals surface area (Å²) in [5, 5.41) is 7.24. The molecule has 3 heteroatoms. The number of hydrogen-bond acceptors (Lipinski definition) is 3. The molecule has 0 amide bonds. The highest BCUT2D eigenvalue weighted by Gasteiger charge is 2.28. The minimum Gasteiger partial charge on any atom is -0.494 e. The third kappa shape index (κ3) is 6.71. The monoisotopic (exact) mass is 494 g/mol. The summed E-state index contributed by atoms with van der Waals surface area (Å²) in [4.78, 5) is 0. The Kier molecular flexibility index (Phi) is 7.92. The van der Waals surface area contributed by atoms with Gasteiger partial charge in [0.2, 0.25) is 0 Å². The van der Waals surface area contributed by atoms with Gasteiger partial charge in [0, 0.05) is 6.42 Å². The van der Waals surface area contributed by atoms with E-state index < -0.39 is 0 Å². The number of ether oxygens (including phenoxy) is 1. The first-order chi connectivity index (χ1) is 17.5. The molecule has 0 spiro atoms. The smallest absolute Gasteiger partial charge is 0.119 e. The molecule has 3 nitrogen and oxygen atoms in total. The van der Waals surface area contributed by atoms with Gasteiger partial charge in [-0.1, -0.05) is 103 Å². The van der Waals surface area contributed by atoms with Crippen LogP contribution >= 0.6 is 0 Å². The van der Waals surface area contributed by atoms with E-state index in [1.807, 2.05) is 12.1 Å². The number of hydrogen-bond donors (Lipinski definition) is 0. The summed E-state index contributed by atoms with van der Waals surface area (Å²) in [5.41, 5.74) is 7.61. The van der Waals surface area contributed by atoms with Gasteiger partial charge in [0.05, 0.1) is 24.0 Å². The van der Waals surface area contributed by atoms with Crippen LogP contribution in [0.15, 0.2) is 84.0 Å². The lowest BCUT2D eigenvalue weighted by Gasteiger charge is -2.25. The highest BCUT2D eigenvalue weighted by Crippen LogP contribution is 2.37. The predicted octanol–water partition coefficient (Wildman–Crippen LogP) is 9.09. The van der Waals surface area contributed by atoms with Crippen LogP contribution in [0, 0.1) is 0 Å². The third-order valence-electron chi connectivity index (χ3n) is 6.91. The molecule has 3 aromatic carbocycles. The van der Waals surface area contributed by atoms with Crippen molar-refractivity contribution in [3.63, 3.8) is 0 Å². The molecule has 0 bridgehead atoms. The lowest BCUT2D eigenvalue weighted by atomic mass is 9.86. The fourth-order valence-corrected chi connectivity index (χ4v) is 4.54. The highest BCUT2D eigenvalue weighted by molar-refractivity contribution is 6.01. The second-order valence-corrected chi connectivity index (χ2v) is 12.1. The minimum absolute atomic E-state index is 0.134. The summed E-state index contributed by atoms with van der Waals surface area (Å²) in [5.74, 6) is 0.902. The van der Waals surface area contributed by atoms with Gasteiger partial charge < -0.3 is 4.74 Å². The van der Waals surface area contributed by atoms with Crippen LogP contribution in [0.2, 0.25) is 0 Å². The van der Waals surface area contributed by atoms with Gasteiger partial charge in [-0.25, -0.2) is 0 Å². The van der Waals surface area contributed by atoms with Crippen LogP contribution in [0.3, 0.4) is 0 Å². The molecular formula is C34H42N2O. The van der Waals surface area contributed by atoms with E-state index in [2.05, 4.69) is 126 Å². The topological polar surface area (TPSA) is 24.8 Å². The van der Waals surface area contributed by atoms with E-state index in [1.54, 1.807) is 0 Å². The van der Waals surface area contributed by atoms with E-state index >= 15 is 0 Å². The quantitative estimate of drug-likeness (QED) is 0.327. The van der Waals surface area contributed by atoms with Gasteiger partial charge in [-0.05, 0) is 69.8 Å². The molecule has 1 heterocycles. The molecule has 4 rings (SSSR count). The average Bonchev–Trinajstić information content (AvgIpc) is 3.30. The maximum atomic E-state index is 5.80. The van der Waals surface area contributed by atoms with E-state index in [0.29, 0.717) is 0 Å². The van der Waals surface area contributed by atoms with Crippen molar-refractivity contribution in [3.05, 3.63) is 101 Å². The molecule has 37 heavy (non-hydrogen) atoms. The molecule has 0 radical (unpaired) electrons. The predicted molar refractivity (Wildman–Crippen MR) is 159 cm³/mol. The van der Waals surface area contributed by atoms with Crippen molar-refractivity contribution >= 4 is 17.5 Å². The Bertz CT molecular complexity index is 1220. The number of allylic oxidation sites excluding steroid dienone is 1. The summed E-state index contributed by atoms with van der Waals surface area (Å²) in [7, 11) is 0. The highest BCUT2D eigenvalue weighted by atomic mass is 16.5. The fourth-order valence-electron chi connectivity index (χ4n) is 4.54. The van der Waals surface area contributed by atoms with Gasteiger partial charge in [0.25, 0.3) is 0 Å². The van der Waals surface area contributed by atoms with Crippen molar-refractivity contribution in [2.75, 3.05) is 11.6 Å². The van der Waals surface area contributed by atoms with Crippen LogP contribution in [-0.4, -0.2) is 12.3 Å². The molecule has 194 valence electrons. The zero-order chi connectivity index (χ0) is 26.6. The summed E-state index contributed by atoms with van der Waals surface area (Å²) >= 11 is 0. The number of anilines is 1. The number of nitrogens with zero attached hydrogens (tertiary/aromatic N) is 2. The van der Waals surface area contributed by atoms with Gasteiger partial charge in [0.1, 0.15) is 5.75 Å². The summed E-state index contributed by atoms with van der Waals surface area (Å²) < 4.78 is 5.80. The van der Waals surface area contributed by atoms with Crippen LogP contribution in [0.25, 0.3) is 6.08 Å². The Hall–Kier alpha value is -3.33. The Balaban J connectivity index is 1.60. The number of rotatable bonds is 7. The lowest BCUT2D eigenvalue weighted by Crippen LogP contribution is -2.19. The van der Waals surface area contributed by atoms with E-state index in [4.69, 9.17) is 9.84 Å². The molecule has 1 aliphatic heterocycles. The van der Waals surface area contributed by atoms with Gasteiger partial charge in [-0.3, -0.25) is 5.01 Å². The lowest BCUT2D eigenvalue weighted by molar-refractivity contribution is 0.317. The molecule has 0 N–H and O–H groups in total. The van der Waals surface area contributed by atoms with Gasteiger partial charge in [-0.2, -0.15) is 5.10 Å². The van der Waals surface area contributed by atoms with Crippen molar-refractivity contribution in [2.45, 2.75) is 78.2 Å². The maximum absolute atomic E-state index is 5.80. The van der Waals surface area contributed by atoms with Crippen LogP contribution in [-0.2, 0) is 10.8 Å². The molecule has 0 saturated heterocycles. The van der Waals surface area contributed by atoms with Gasteiger partial charge >= 0.3 is 0 Å². The van der Waals surface area contributed by atoms with Crippen molar-refractivity contribution in [1.82, 2.24) is 0 Å². The Morgan fingerprint density at radius 3 is 1.89 bits per heavy atom. The molecule has 1 unspecified atom stereocenters. The first kappa shape index (κ1) is 26.7. The maximum Gasteiger partial charge on any atom is 0.119 e. The molecule has 0 fully saturated rings. The average molecular weight is 495 g/mol. The first-order valence-corrected chi connectivity index (χ1v) is 13.5. The van der Waals surface area contributed by atoms with Gasteiger partial charge in [-0.15, -0.1) is 0 Å². The number of benzene rings is 3. The standard InChI is InChI=1S/C34H42N2O/c1-8-23-37-31-21-19-30(20-22-31)36-32(26-12-16-28(17-13-26)34(5,6)7)24-29(35-36)18-11-25-9-14-27(15-10-25)33(2,3)4/h9-22,32H,8,23-24H2,1-7H3. The molecule has 0 saturated carbocycles. The Morgan fingerprint density at radius 2 is 1.35 bits per heavy atom. The second kappa shape index (κ2) is 11.0. The molecule has 1 atom stereocenters. The summed E-state index contributed by atoms with van der Waals surface area (Å²) in [6, 6.07) is 26.4. The molecule has 1 aliphatic rings. The van der Waals surface area contributed by atoms with Crippen LogP contribution in [0.1, 0.15) is 89.6 Å². The van der Waals surface area contributed by atoms with Gasteiger partial charge in [0.15, 0.2) is 0 Å². The second-order valence-electron chi connectivity index (χ2n) is 12.1. The first-order valence-electron chi connectivity index (χ1n) is 13.5. The van der Waals surface area contributed by atoms with Crippen molar-refractivity contribution in [1.29, 1.82) is 0 Å². The normalized spacial score (nSPS) is 16.4. The Morgan fingerprint density at radius 1 is 0.784 bits per heavy atom. The zero-order valence-corrected chi connectivity index (χ0v) is 23.6. The summed E-state index contributed by atoms with van der Waals surface area (Å²) in [6.45, 7) is 16.4. The van der Waals surface area contributed by atoms with Crippen molar-refractivity contribution in [2.24, 2.45) is 5.10 Å². The van der Waals surface area contributed by atoms with E-state index in [-0.39, 0.29) is 16.9 Å². The number of hydrazone groups is 1. The third-order valence-corrected chi connectivity index (χ3v) is 6.91. The Labute approximate surface area is 223 Å². The minimum atomic E-state index is 0.134. The SMILES string of the molecule is CCCOc1ccc(N2N=C(C=Cc3ccc(C(C)(C)C)cc3)CC2c2ccc(C(C)(C)C)cc2)cc1. The van der Waals surface area contributed by atoms with E-state index in [9.17, 15) is 0 Å². The largest absolute Gasteiger partial charge is 0.494 e. The van der Waals surface area contributed by atoms with Crippen molar-refractivity contribution < 1.29 is 4.74 Å². The fraction of sp³-hybridized carbons (Fsp3) is 0.382. The van der Waals surface area contributed by atoms with Crippen molar-refractivity contribution in [3.8, 4) is 5.75 Å². The van der Waals surface area contributed by atoms with Crippen LogP contribution in [0.4, 0.5) is 5.69 Å². The summed E-state index contributed by atoms with van der Waals surface area (Å²) in [6.07, 6.45) is 6.20. The molecule has 0 aromatic heterocycles. The van der Waals surface area contributed by atoms with Crippen LogP contribution in [0.5, 0.6) is 5.75 Å². The van der Waals surface area contributed by atoms with E-state index in [0.717, 1.165) is 36.6 Å². The van der Waals surface area contributed by atoms with Crippen LogP contribution < -0.4 is 9.75 Å².